The van der Waals surface area contributed by atoms with Gasteiger partial charge in [0.2, 0.25) is 5.95 Å². The first-order valence-corrected chi connectivity index (χ1v) is 5.79. The van der Waals surface area contributed by atoms with Gasteiger partial charge in [0, 0.05) is 7.05 Å². The summed E-state index contributed by atoms with van der Waals surface area (Å²) in [5, 5.41) is 0. The lowest BCUT2D eigenvalue weighted by molar-refractivity contribution is 0.0588. The van der Waals surface area contributed by atoms with Gasteiger partial charge in [-0.3, -0.25) is 4.90 Å². The number of carbonyl (C=O) groups is 1. The SMILES string of the molecule is CN(C(=O)OC(C)(C)C)c1ccc(Br)c(F)n1. The van der Waals surface area contributed by atoms with Gasteiger partial charge in [-0.25, -0.2) is 9.78 Å². The quantitative estimate of drug-likeness (QED) is 0.747. The van der Waals surface area contributed by atoms with Gasteiger partial charge < -0.3 is 4.74 Å². The van der Waals surface area contributed by atoms with Crippen LogP contribution in [-0.2, 0) is 4.74 Å². The predicted molar refractivity (Wildman–Crippen MR) is 66.5 cm³/mol. The number of aromatic nitrogens is 1. The van der Waals surface area contributed by atoms with Crippen LogP contribution in [0.25, 0.3) is 0 Å². The molecule has 0 saturated heterocycles. The van der Waals surface area contributed by atoms with Crippen molar-refractivity contribution in [2.75, 3.05) is 11.9 Å². The van der Waals surface area contributed by atoms with E-state index in [1.165, 1.54) is 19.2 Å². The van der Waals surface area contributed by atoms with Crippen molar-refractivity contribution in [1.82, 2.24) is 4.98 Å². The van der Waals surface area contributed by atoms with E-state index < -0.39 is 17.6 Å². The molecule has 1 amide bonds. The molecule has 0 aliphatic rings. The Kier molecular flexibility index (Phi) is 4.08. The molecule has 0 N–H and O–H groups in total. The number of halogens is 2. The molecular formula is C11H14BrFN2O2. The molecule has 1 aromatic rings. The van der Waals surface area contributed by atoms with Gasteiger partial charge in [-0.15, -0.1) is 0 Å². The third-order valence-electron chi connectivity index (χ3n) is 1.80. The van der Waals surface area contributed by atoms with E-state index in [1.54, 1.807) is 20.8 Å². The van der Waals surface area contributed by atoms with Crippen LogP contribution >= 0.6 is 15.9 Å². The van der Waals surface area contributed by atoms with Crippen LogP contribution in [0, 0.1) is 5.95 Å². The third kappa shape index (κ3) is 3.96. The molecule has 0 fully saturated rings. The Morgan fingerprint density at radius 3 is 2.53 bits per heavy atom. The molecule has 0 aliphatic carbocycles. The highest BCUT2D eigenvalue weighted by atomic mass is 79.9. The van der Waals surface area contributed by atoms with E-state index in [0.29, 0.717) is 0 Å². The summed E-state index contributed by atoms with van der Waals surface area (Å²) in [6, 6.07) is 3.01. The van der Waals surface area contributed by atoms with Crippen LogP contribution in [0.1, 0.15) is 20.8 Å². The number of rotatable bonds is 1. The summed E-state index contributed by atoms with van der Waals surface area (Å²) in [7, 11) is 1.48. The van der Waals surface area contributed by atoms with E-state index in [9.17, 15) is 9.18 Å². The second-order valence-electron chi connectivity index (χ2n) is 4.48. The summed E-state index contributed by atoms with van der Waals surface area (Å²) < 4.78 is 18.6. The summed E-state index contributed by atoms with van der Waals surface area (Å²) in [5.74, 6) is -0.474. The summed E-state index contributed by atoms with van der Waals surface area (Å²) in [4.78, 5) is 16.5. The second-order valence-corrected chi connectivity index (χ2v) is 5.34. The van der Waals surface area contributed by atoms with Crippen molar-refractivity contribution in [2.24, 2.45) is 0 Å². The molecule has 0 saturated carbocycles. The molecule has 94 valence electrons. The van der Waals surface area contributed by atoms with Gasteiger partial charge in [-0.1, -0.05) is 0 Å². The van der Waals surface area contributed by atoms with Crippen LogP contribution < -0.4 is 4.90 Å². The minimum Gasteiger partial charge on any atom is -0.443 e. The Morgan fingerprint density at radius 1 is 1.47 bits per heavy atom. The van der Waals surface area contributed by atoms with E-state index >= 15 is 0 Å². The predicted octanol–water partition coefficient (Wildman–Crippen LogP) is 3.35. The van der Waals surface area contributed by atoms with Crippen molar-refractivity contribution in [3.63, 3.8) is 0 Å². The Balaban J connectivity index is 2.85. The fourth-order valence-electron chi connectivity index (χ4n) is 1.02. The molecular weight excluding hydrogens is 291 g/mol. The molecule has 0 bridgehead atoms. The molecule has 1 rings (SSSR count). The highest BCUT2D eigenvalue weighted by Gasteiger charge is 2.21. The van der Waals surface area contributed by atoms with Crippen molar-refractivity contribution in [1.29, 1.82) is 0 Å². The van der Waals surface area contributed by atoms with E-state index in [1.807, 2.05) is 0 Å². The number of anilines is 1. The first-order valence-electron chi connectivity index (χ1n) is 4.99. The lowest BCUT2D eigenvalue weighted by Gasteiger charge is -2.24. The maximum absolute atomic E-state index is 13.2. The maximum Gasteiger partial charge on any atom is 0.415 e. The van der Waals surface area contributed by atoms with E-state index in [-0.39, 0.29) is 10.3 Å². The smallest absolute Gasteiger partial charge is 0.415 e. The zero-order valence-corrected chi connectivity index (χ0v) is 11.7. The summed E-state index contributed by atoms with van der Waals surface area (Å²) in [5.41, 5.74) is -0.598. The lowest BCUT2D eigenvalue weighted by Crippen LogP contribution is -2.34. The van der Waals surface area contributed by atoms with Gasteiger partial charge in [-0.2, -0.15) is 4.39 Å². The Morgan fingerprint density at radius 2 is 2.06 bits per heavy atom. The van der Waals surface area contributed by atoms with Gasteiger partial charge in [0.15, 0.2) is 0 Å². The topological polar surface area (TPSA) is 42.4 Å². The Hall–Kier alpha value is -1.17. The largest absolute Gasteiger partial charge is 0.443 e. The van der Waals surface area contributed by atoms with Gasteiger partial charge in [0.25, 0.3) is 0 Å². The third-order valence-corrected chi connectivity index (χ3v) is 2.39. The standard InChI is InChI=1S/C11H14BrFN2O2/c1-11(2,3)17-10(16)15(4)8-6-5-7(12)9(13)14-8/h5-6H,1-4H3. The van der Waals surface area contributed by atoms with E-state index in [2.05, 4.69) is 20.9 Å². The van der Waals surface area contributed by atoms with Gasteiger partial charge in [0.1, 0.15) is 11.4 Å². The average Bonchev–Trinajstić information content (AvgIpc) is 2.18. The van der Waals surface area contributed by atoms with Crippen LogP contribution in [0.4, 0.5) is 15.0 Å². The fraction of sp³-hybridized carbons (Fsp3) is 0.455. The first-order chi connectivity index (χ1) is 7.70. The second kappa shape index (κ2) is 5.00. The minimum absolute atomic E-state index is 0.194. The van der Waals surface area contributed by atoms with Crippen LogP contribution in [-0.4, -0.2) is 23.7 Å². The van der Waals surface area contributed by atoms with Crippen LogP contribution in [0.5, 0.6) is 0 Å². The number of ether oxygens (including phenoxy) is 1. The van der Waals surface area contributed by atoms with Crippen molar-refractivity contribution in [2.45, 2.75) is 26.4 Å². The molecule has 0 atom stereocenters. The van der Waals surface area contributed by atoms with Crippen molar-refractivity contribution < 1.29 is 13.9 Å². The zero-order valence-electron chi connectivity index (χ0n) is 10.1. The maximum atomic E-state index is 13.2. The lowest BCUT2D eigenvalue weighted by atomic mass is 10.2. The van der Waals surface area contributed by atoms with Crippen molar-refractivity contribution >= 4 is 27.8 Å². The fourth-order valence-corrected chi connectivity index (χ4v) is 1.24. The van der Waals surface area contributed by atoms with E-state index in [4.69, 9.17) is 4.74 Å². The molecule has 0 aliphatic heterocycles. The highest BCUT2D eigenvalue weighted by molar-refractivity contribution is 9.10. The molecule has 1 aromatic heterocycles. The number of amides is 1. The average molecular weight is 305 g/mol. The zero-order chi connectivity index (χ0) is 13.2. The number of nitrogens with zero attached hydrogens (tertiary/aromatic N) is 2. The molecule has 6 heteroatoms. The normalized spacial score (nSPS) is 11.2. The molecule has 0 spiro atoms. The summed E-state index contributed by atoms with van der Waals surface area (Å²) in [6.07, 6.45) is -0.577. The van der Waals surface area contributed by atoms with Crippen LogP contribution in [0.3, 0.4) is 0 Å². The number of hydrogen-bond donors (Lipinski definition) is 0. The molecule has 4 nitrogen and oxygen atoms in total. The van der Waals surface area contributed by atoms with Crippen LogP contribution in [0.2, 0.25) is 0 Å². The highest BCUT2D eigenvalue weighted by Crippen LogP contribution is 2.19. The monoisotopic (exact) mass is 304 g/mol. The Labute approximate surface area is 108 Å². The summed E-state index contributed by atoms with van der Waals surface area (Å²) in [6.45, 7) is 5.27. The van der Waals surface area contributed by atoms with Gasteiger partial charge in [0.05, 0.1) is 4.47 Å². The molecule has 0 unspecified atom stereocenters. The number of hydrogen-bond acceptors (Lipinski definition) is 3. The number of pyridine rings is 1. The molecule has 0 aromatic carbocycles. The molecule has 1 heterocycles. The van der Waals surface area contributed by atoms with E-state index in [0.717, 1.165) is 4.90 Å². The minimum atomic E-state index is -0.669. The number of carbonyl (C=O) groups excluding carboxylic acids is 1. The van der Waals surface area contributed by atoms with Gasteiger partial charge in [-0.05, 0) is 48.8 Å². The molecule has 17 heavy (non-hydrogen) atoms. The van der Waals surface area contributed by atoms with Gasteiger partial charge >= 0.3 is 6.09 Å². The first kappa shape index (κ1) is 13.9. The molecule has 0 radical (unpaired) electrons. The summed E-state index contributed by atoms with van der Waals surface area (Å²) >= 11 is 2.99. The van der Waals surface area contributed by atoms with Crippen molar-refractivity contribution in [3.05, 3.63) is 22.6 Å². The Bertz CT molecular complexity index is 432. The van der Waals surface area contributed by atoms with Crippen molar-refractivity contribution in [3.8, 4) is 0 Å². The van der Waals surface area contributed by atoms with Crippen LogP contribution in [0.15, 0.2) is 16.6 Å².